The van der Waals surface area contributed by atoms with Crippen molar-refractivity contribution in [2.45, 2.75) is 13.0 Å². The van der Waals surface area contributed by atoms with Crippen LogP contribution >= 0.6 is 23.2 Å². The summed E-state index contributed by atoms with van der Waals surface area (Å²) < 4.78 is 1.90. The number of halogens is 2. The van der Waals surface area contributed by atoms with Crippen molar-refractivity contribution in [3.05, 3.63) is 100 Å². The van der Waals surface area contributed by atoms with Crippen LogP contribution in [0.1, 0.15) is 22.3 Å². The van der Waals surface area contributed by atoms with E-state index in [1.54, 1.807) is 18.2 Å². The first-order valence-corrected chi connectivity index (χ1v) is 11.3. The van der Waals surface area contributed by atoms with E-state index in [2.05, 4.69) is 5.32 Å². The highest BCUT2D eigenvalue weighted by atomic mass is 35.5. The molecule has 4 aromatic rings. The third-order valence-corrected chi connectivity index (χ3v) is 5.62. The molecule has 0 atom stereocenters. The minimum Gasteiger partial charge on any atom is -0.481 e. The van der Waals surface area contributed by atoms with Crippen molar-refractivity contribution >= 4 is 35.1 Å². The predicted octanol–water partition coefficient (Wildman–Crippen LogP) is 5.78. The zero-order chi connectivity index (χ0) is 24.1. The van der Waals surface area contributed by atoms with Crippen molar-refractivity contribution in [3.8, 4) is 22.5 Å². The maximum absolute atomic E-state index is 12.2. The van der Waals surface area contributed by atoms with E-state index in [1.807, 2.05) is 65.3 Å². The summed E-state index contributed by atoms with van der Waals surface area (Å²) in [6.45, 7) is 0.569. The van der Waals surface area contributed by atoms with Gasteiger partial charge in [0, 0.05) is 27.7 Å². The fourth-order valence-electron chi connectivity index (χ4n) is 3.54. The molecule has 0 unspecified atom stereocenters. The van der Waals surface area contributed by atoms with Gasteiger partial charge in [-0.15, -0.1) is 0 Å². The topological polar surface area (TPSA) is 84.2 Å². The smallest absolute Gasteiger partial charge is 0.305 e. The number of rotatable bonds is 8. The Morgan fingerprint density at radius 3 is 2.21 bits per heavy atom. The molecule has 0 radical (unpaired) electrons. The molecule has 0 aliphatic carbocycles. The van der Waals surface area contributed by atoms with Crippen LogP contribution < -0.4 is 5.32 Å². The van der Waals surface area contributed by atoms with Gasteiger partial charge in [0.2, 0.25) is 0 Å². The molecule has 34 heavy (non-hydrogen) atoms. The number of aliphatic carboxylic acids is 1. The monoisotopic (exact) mass is 493 g/mol. The molecule has 0 aliphatic rings. The van der Waals surface area contributed by atoms with Crippen molar-refractivity contribution < 1.29 is 14.7 Å². The van der Waals surface area contributed by atoms with Crippen LogP contribution in [0.5, 0.6) is 0 Å². The Labute approximate surface area is 206 Å². The number of nitrogens with one attached hydrogen (secondary N) is 1. The summed E-state index contributed by atoms with van der Waals surface area (Å²) in [5.74, 6) is -1.26. The molecule has 0 bridgehead atoms. The molecule has 1 aromatic heterocycles. The molecule has 8 heteroatoms. The van der Waals surface area contributed by atoms with Crippen LogP contribution in [-0.2, 0) is 11.3 Å². The van der Waals surface area contributed by atoms with Gasteiger partial charge >= 0.3 is 5.97 Å². The Balaban J connectivity index is 1.60. The van der Waals surface area contributed by atoms with Gasteiger partial charge in [-0.1, -0.05) is 65.7 Å². The van der Waals surface area contributed by atoms with Gasteiger partial charge in [0.25, 0.3) is 5.91 Å². The molecule has 0 fully saturated rings. The molecule has 1 heterocycles. The number of amides is 1. The number of nitrogens with zero attached hydrogens (tertiary/aromatic N) is 2. The van der Waals surface area contributed by atoms with E-state index in [4.69, 9.17) is 33.4 Å². The quantitative estimate of drug-likeness (QED) is 0.326. The number of carbonyl (C=O) groups is 2. The first kappa shape index (κ1) is 23.5. The largest absolute Gasteiger partial charge is 0.481 e. The lowest BCUT2D eigenvalue weighted by Gasteiger charge is -2.09. The molecule has 0 spiro atoms. The number of carboxylic acid groups (broad SMARTS) is 1. The van der Waals surface area contributed by atoms with Crippen LogP contribution in [0.15, 0.2) is 78.9 Å². The third-order valence-electron chi connectivity index (χ3n) is 5.18. The highest BCUT2D eigenvalue weighted by Crippen LogP contribution is 2.30. The van der Waals surface area contributed by atoms with Crippen LogP contribution in [0.3, 0.4) is 0 Å². The van der Waals surface area contributed by atoms with Crippen molar-refractivity contribution in [2.24, 2.45) is 0 Å². The predicted molar refractivity (Wildman–Crippen MR) is 133 cm³/mol. The standard InChI is InChI=1S/C26H21Cl2N3O3/c27-21-12-20(13-22(28)14-21)23-15-24(18-4-2-1-3-5-18)31(30-23)16-17-6-8-19(9-7-17)26(34)29-11-10-25(32)33/h1-9,12-15H,10-11,16H2,(H,29,34)(H,32,33). The molecule has 2 N–H and O–H groups in total. The fraction of sp³-hybridized carbons (Fsp3) is 0.115. The average molecular weight is 494 g/mol. The number of aromatic nitrogens is 2. The van der Waals surface area contributed by atoms with Gasteiger partial charge < -0.3 is 10.4 Å². The van der Waals surface area contributed by atoms with Crippen LogP contribution in [0.25, 0.3) is 22.5 Å². The second-order valence-corrected chi connectivity index (χ2v) is 8.57. The summed E-state index contributed by atoms with van der Waals surface area (Å²) in [5, 5.41) is 17.2. The van der Waals surface area contributed by atoms with Crippen LogP contribution in [0, 0.1) is 0 Å². The van der Waals surface area contributed by atoms with E-state index in [0.717, 1.165) is 28.1 Å². The van der Waals surface area contributed by atoms with Gasteiger partial charge in [-0.3, -0.25) is 14.3 Å². The second kappa shape index (κ2) is 10.5. The molecule has 1 amide bonds. The van der Waals surface area contributed by atoms with Gasteiger partial charge in [0.15, 0.2) is 0 Å². The molecule has 0 aliphatic heterocycles. The van der Waals surface area contributed by atoms with Crippen molar-refractivity contribution in [3.63, 3.8) is 0 Å². The van der Waals surface area contributed by atoms with E-state index in [-0.39, 0.29) is 18.9 Å². The van der Waals surface area contributed by atoms with Gasteiger partial charge in [-0.25, -0.2) is 0 Å². The number of hydrogen-bond acceptors (Lipinski definition) is 3. The molecule has 3 aromatic carbocycles. The van der Waals surface area contributed by atoms with Crippen LogP contribution in [0.2, 0.25) is 10.0 Å². The lowest BCUT2D eigenvalue weighted by atomic mass is 10.1. The molecular formula is C26H21Cl2N3O3. The Morgan fingerprint density at radius 2 is 1.56 bits per heavy atom. The average Bonchev–Trinajstić information content (AvgIpc) is 3.23. The maximum atomic E-state index is 12.2. The number of hydrogen-bond donors (Lipinski definition) is 2. The minimum absolute atomic E-state index is 0.0833. The van der Waals surface area contributed by atoms with Gasteiger partial charge in [0.05, 0.1) is 24.4 Å². The number of carbonyl (C=O) groups excluding carboxylic acids is 1. The Bertz CT molecular complexity index is 1300. The fourth-order valence-corrected chi connectivity index (χ4v) is 4.07. The van der Waals surface area contributed by atoms with Crippen molar-refractivity contribution in [1.82, 2.24) is 15.1 Å². The van der Waals surface area contributed by atoms with Gasteiger partial charge in [0.1, 0.15) is 0 Å². The second-order valence-electron chi connectivity index (χ2n) is 7.69. The van der Waals surface area contributed by atoms with Crippen LogP contribution in [-0.4, -0.2) is 33.3 Å². The van der Waals surface area contributed by atoms with E-state index in [0.29, 0.717) is 22.2 Å². The van der Waals surface area contributed by atoms with E-state index in [9.17, 15) is 9.59 Å². The highest BCUT2D eigenvalue weighted by molar-refractivity contribution is 6.35. The lowest BCUT2D eigenvalue weighted by molar-refractivity contribution is -0.136. The van der Waals surface area contributed by atoms with Crippen molar-refractivity contribution in [2.75, 3.05) is 6.54 Å². The lowest BCUT2D eigenvalue weighted by Crippen LogP contribution is -2.25. The minimum atomic E-state index is -0.955. The van der Waals surface area contributed by atoms with Crippen molar-refractivity contribution in [1.29, 1.82) is 0 Å². The molecule has 6 nitrogen and oxygen atoms in total. The summed E-state index contributed by atoms with van der Waals surface area (Å²) in [4.78, 5) is 22.8. The zero-order valence-electron chi connectivity index (χ0n) is 18.0. The highest BCUT2D eigenvalue weighted by Gasteiger charge is 2.14. The Hall–Kier alpha value is -3.61. The molecule has 4 rings (SSSR count). The van der Waals surface area contributed by atoms with E-state index < -0.39 is 5.97 Å². The first-order chi connectivity index (χ1) is 16.4. The van der Waals surface area contributed by atoms with Crippen LogP contribution in [0.4, 0.5) is 0 Å². The summed E-state index contributed by atoms with van der Waals surface area (Å²) in [6, 6.07) is 24.4. The maximum Gasteiger partial charge on any atom is 0.305 e. The summed E-state index contributed by atoms with van der Waals surface area (Å²) in [6.07, 6.45) is -0.119. The zero-order valence-corrected chi connectivity index (χ0v) is 19.6. The SMILES string of the molecule is O=C(O)CCNC(=O)c1ccc(Cn2nc(-c3cc(Cl)cc(Cl)c3)cc2-c2ccccc2)cc1. The molecule has 172 valence electrons. The van der Waals surface area contributed by atoms with Gasteiger partial charge in [-0.2, -0.15) is 5.10 Å². The normalized spacial score (nSPS) is 10.8. The Morgan fingerprint density at radius 1 is 0.882 bits per heavy atom. The van der Waals surface area contributed by atoms with E-state index in [1.165, 1.54) is 0 Å². The number of benzene rings is 3. The summed E-state index contributed by atoms with van der Waals surface area (Å²) >= 11 is 12.4. The first-order valence-electron chi connectivity index (χ1n) is 10.6. The molecular weight excluding hydrogens is 473 g/mol. The number of carboxylic acids is 1. The van der Waals surface area contributed by atoms with Gasteiger partial charge in [-0.05, 0) is 47.5 Å². The molecule has 0 saturated heterocycles. The van der Waals surface area contributed by atoms with E-state index >= 15 is 0 Å². The summed E-state index contributed by atoms with van der Waals surface area (Å²) in [7, 11) is 0. The molecule has 0 saturated carbocycles. The summed E-state index contributed by atoms with van der Waals surface area (Å²) in [5.41, 5.74) is 4.94. The third kappa shape index (κ3) is 5.84. The Kier molecular flexibility index (Phi) is 7.30.